The van der Waals surface area contributed by atoms with E-state index < -0.39 is 0 Å². The molecule has 0 saturated heterocycles. The van der Waals surface area contributed by atoms with Crippen LogP contribution in [0, 0.1) is 28.6 Å². The van der Waals surface area contributed by atoms with E-state index >= 15 is 0 Å². The highest BCUT2D eigenvalue weighted by molar-refractivity contribution is 5.29. The number of rotatable bonds is 0. The van der Waals surface area contributed by atoms with Gasteiger partial charge in [-0.3, -0.25) is 0 Å². The average molecular weight is 286 g/mol. The van der Waals surface area contributed by atoms with Gasteiger partial charge in [-0.05, 0) is 80.5 Å². The molecule has 3 unspecified atom stereocenters. The van der Waals surface area contributed by atoms with E-state index in [-0.39, 0.29) is 6.10 Å². The molecule has 1 nitrogen and oxygen atoms in total. The highest BCUT2D eigenvalue weighted by Crippen LogP contribution is 2.64. The van der Waals surface area contributed by atoms with Gasteiger partial charge in [-0.2, -0.15) is 0 Å². The highest BCUT2D eigenvalue weighted by Gasteiger charge is 2.55. The van der Waals surface area contributed by atoms with Crippen LogP contribution in [-0.4, -0.2) is 11.2 Å². The second-order valence-electron chi connectivity index (χ2n) is 8.73. The van der Waals surface area contributed by atoms with Crippen LogP contribution in [0.3, 0.4) is 0 Å². The first-order valence-electron chi connectivity index (χ1n) is 9.00. The van der Waals surface area contributed by atoms with Crippen LogP contribution in [0.2, 0.25) is 0 Å². The molecule has 0 heterocycles. The molecule has 4 aliphatic rings. The van der Waals surface area contributed by atoms with E-state index in [0.717, 1.165) is 30.6 Å². The third-order valence-electron chi connectivity index (χ3n) is 8.05. The largest absolute Gasteiger partial charge is 0.393 e. The van der Waals surface area contributed by atoms with Gasteiger partial charge in [0.2, 0.25) is 0 Å². The van der Waals surface area contributed by atoms with Gasteiger partial charge in [0.25, 0.3) is 0 Å². The predicted octanol–water partition coefficient (Wildman–Crippen LogP) is 4.87. The molecule has 2 saturated carbocycles. The van der Waals surface area contributed by atoms with Crippen molar-refractivity contribution in [3.05, 3.63) is 23.3 Å². The Kier molecular flexibility index (Phi) is 2.99. The zero-order chi connectivity index (χ0) is 14.8. The second-order valence-corrected chi connectivity index (χ2v) is 8.73. The Morgan fingerprint density at radius 1 is 1.00 bits per heavy atom. The van der Waals surface area contributed by atoms with Crippen LogP contribution in [0.5, 0.6) is 0 Å². The van der Waals surface area contributed by atoms with Crippen molar-refractivity contribution in [2.45, 2.75) is 71.8 Å². The standard InChI is InChI=1S/C20H30O/c1-13-4-7-17-16-6-5-14-12-15(21)8-10-20(14,3)18(16)9-11-19(13,17)2/h4-5,15-18,21H,6-12H2,1-3H3/t15-,16?,17?,18?,19+,20-/m0/s1. The van der Waals surface area contributed by atoms with Crippen molar-refractivity contribution in [1.82, 2.24) is 0 Å². The first-order chi connectivity index (χ1) is 9.95. The van der Waals surface area contributed by atoms with E-state index in [1.807, 2.05) is 0 Å². The molecule has 2 fully saturated rings. The number of fused-ring (bicyclic) bond motifs is 5. The third-order valence-corrected chi connectivity index (χ3v) is 8.05. The van der Waals surface area contributed by atoms with Crippen LogP contribution < -0.4 is 0 Å². The van der Waals surface area contributed by atoms with Gasteiger partial charge in [0.15, 0.2) is 0 Å². The van der Waals surface area contributed by atoms with E-state index in [1.165, 1.54) is 32.1 Å². The lowest BCUT2D eigenvalue weighted by molar-refractivity contribution is -0.0293. The molecule has 1 N–H and O–H groups in total. The van der Waals surface area contributed by atoms with Gasteiger partial charge in [0, 0.05) is 0 Å². The quantitative estimate of drug-likeness (QED) is 0.630. The van der Waals surface area contributed by atoms with Crippen molar-refractivity contribution >= 4 is 0 Å². The van der Waals surface area contributed by atoms with E-state index in [2.05, 4.69) is 32.9 Å². The van der Waals surface area contributed by atoms with Crippen LogP contribution >= 0.6 is 0 Å². The van der Waals surface area contributed by atoms with Crippen LogP contribution in [0.4, 0.5) is 0 Å². The maximum absolute atomic E-state index is 10.0. The summed E-state index contributed by atoms with van der Waals surface area (Å²) < 4.78 is 0. The van der Waals surface area contributed by atoms with Crippen LogP contribution in [0.15, 0.2) is 23.3 Å². The number of allylic oxidation sites excluding steroid dienone is 3. The second kappa shape index (κ2) is 4.47. The third kappa shape index (κ3) is 1.79. The summed E-state index contributed by atoms with van der Waals surface area (Å²) in [6, 6.07) is 0. The molecule has 0 radical (unpaired) electrons. The Hall–Kier alpha value is -0.560. The molecule has 1 heteroatoms. The number of aliphatic hydroxyl groups is 1. The molecule has 4 rings (SSSR count). The van der Waals surface area contributed by atoms with Gasteiger partial charge in [-0.25, -0.2) is 0 Å². The van der Waals surface area contributed by atoms with Gasteiger partial charge >= 0.3 is 0 Å². The minimum absolute atomic E-state index is 0.0786. The van der Waals surface area contributed by atoms with Gasteiger partial charge in [0.1, 0.15) is 0 Å². The van der Waals surface area contributed by atoms with E-state index in [1.54, 1.807) is 11.1 Å². The lowest BCUT2D eigenvalue weighted by Gasteiger charge is -2.57. The van der Waals surface area contributed by atoms with Gasteiger partial charge in [-0.15, -0.1) is 0 Å². The van der Waals surface area contributed by atoms with Crippen molar-refractivity contribution in [1.29, 1.82) is 0 Å². The fourth-order valence-electron chi connectivity index (χ4n) is 6.42. The van der Waals surface area contributed by atoms with Gasteiger partial charge < -0.3 is 5.11 Å². The number of hydrogen-bond acceptors (Lipinski definition) is 1. The minimum atomic E-state index is -0.0786. The summed E-state index contributed by atoms with van der Waals surface area (Å²) >= 11 is 0. The summed E-state index contributed by atoms with van der Waals surface area (Å²) in [5.41, 5.74) is 4.12. The molecular weight excluding hydrogens is 256 g/mol. The van der Waals surface area contributed by atoms with Crippen LogP contribution in [-0.2, 0) is 0 Å². The van der Waals surface area contributed by atoms with Crippen molar-refractivity contribution in [3.8, 4) is 0 Å². The zero-order valence-corrected chi connectivity index (χ0v) is 13.9. The lowest BCUT2D eigenvalue weighted by atomic mass is 9.47. The fourth-order valence-corrected chi connectivity index (χ4v) is 6.42. The van der Waals surface area contributed by atoms with E-state index in [4.69, 9.17) is 0 Å². The van der Waals surface area contributed by atoms with Crippen molar-refractivity contribution in [3.63, 3.8) is 0 Å². The molecule has 0 aliphatic heterocycles. The molecule has 0 aromatic rings. The number of hydrogen-bond donors (Lipinski definition) is 1. The Bertz CT molecular complexity index is 516. The molecular formula is C20H30O. The first kappa shape index (κ1) is 14.1. The van der Waals surface area contributed by atoms with Crippen molar-refractivity contribution in [2.24, 2.45) is 28.6 Å². The summed E-state index contributed by atoms with van der Waals surface area (Å²) in [6.07, 6.45) is 13.5. The normalized spacial score (nSPS) is 52.4. The molecule has 116 valence electrons. The summed E-state index contributed by atoms with van der Waals surface area (Å²) in [7, 11) is 0. The van der Waals surface area contributed by atoms with Gasteiger partial charge in [0.05, 0.1) is 6.10 Å². The molecule has 0 aromatic heterocycles. The van der Waals surface area contributed by atoms with Crippen LogP contribution in [0.25, 0.3) is 0 Å². The highest BCUT2D eigenvalue weighted by atomic mass is 16.3. The van der Waals surface area contributed by atoms with Gasteiger partial charge in [-0.1, -0.05) is 37.1 Å². The first-order valence-corrected chi connectivity index (χ1v) is 9.00. The maximum Gasteiger partial charge on any atom is 0.0577 e. The zero-order valence-electron chi connectivity index (χ0n) is 13.9. The van der Waals surface area contributed by atoms with E-state index in [0.29, 0.717) is 10.8 Å². The average Bonchev–Trinajstić information content (AvgIpc) is 2.76. The molecule has 0 bridgehead atoms. The molecule has 0 aromatic carbocycles. The summed E-state index contributed by atoms with van der Waals surface area (Å²) in [4.78, 5) is 0. The smallest absolute Gasteiger partial charge is 0.0577 e. The molecule has 21 heavy (non-hydrogen) atoms. The Labute approximate surface area is 129 Å². The number of aliphatic hydroxyl groups excluding tert-OH is 1. The van der Waals surface area contributed by atoms with Crippen molar-refractivity contribution < 1.29 is 5.11 Å². The lowest BCUT2D eigenvalue weighted by Crippen LogP contribution is -2.49. The SMILES string of the molecule is CC1=CCC2C3CC=C4C[C@@H](O)CC[C@]4(C)C3CC[C@]12C. The molecule has 4 aliphatic carbocycles. The Morgan fingerprint density at radius 2 is 1.76 bits per heavy atom. The molecule has 0 amide bonds. The predicted molar refractivity (Wildman–Crippen MR) is 86.8 cm³/mol. The summed E-state index contributed by atoms with van der Waals surface area (Å²) in [6.45, 7) is 7.40. The minimum Gasteiger partial charge on any atom is -0.393 e. The topological polar surface area (TPSA) is 20.2 Å². The molecule has 6 atom stereocenters. The maximum atomic E-state index is 10.0. The summed E-state index contributed by atoms with van der Waals surface area (Å²) in [5, 5.41) is 10.0. The fraction of sp³-hybridized carbons (Fsp3) is 0.800. The van der Waals surface area contributed by atoms with Crippen molar-refractivity contribution in [2.75, 3.05) is 0 Å². The molecule has 0 spiro atoms. The monoisotopic (exact) mass is 286 g/mol. The van der Waals surface area contributed by atoms with E-state index in [9.17, 15) is 5.11 Å². The Morgan fingerprint density at radius 3 is 2.57 bits per heavy atom. The Balaban J connectivity index is 1.68. The summed E-state index contributed by atoms with van der Waals surface area (Å²) in [5.74, 6) is 2.61. The van der Waals surface area contributed by atoms with Crippen LogP contribution in [0.1, 0.15) is 65.7 Å².